The minimum absolute atomic E-state index is 0.200. The maximum absolute atomic E-state index is 12.2. The molecule has 5 nitrogen and oxygen atoms in total. The molecule has 0 aliphatic rings. The van der Waals surface area contributed by atoms with Crippen molar-refractivity contribution in [2.75, 3.05) is 14.2 Å². The molecule has 120 valence electrons. The fraction of sp³-hybridized carbons (Fsp3) is 0.222. The Morgan fingerprint density at radius 3 is 2.13 bits per heavy atom. The van der Waals surface area contributed by atoms with Crippen molar-refractivity contribution in [2.45, 2.75) is 13.2 Å². The highest BCUT2D eigenvalue weighted by Gasteiger charge is 2.09. The first-order chi connectivity index (χ1) is 11.2. The quantitative estimate of drug-likeness (QED) is 0.832. The highest BCUT2D eigenvalue weighted by molar-refractivity contribution is 5.96. The van der Waals surface area contributed by atoms with Crippen LogP contribution in [0.25, 0.3) is 0 Å². The number of hydrogen-bond acceptors (Lipinski definition) is 4. The molecule has 0 unspecified atom stereocenters. The van der Waals surface area contributed by atoms with Crippen LogP contribution in [0.1, 0.15) is 31.8 Å². The van der Waals surface area contributed by atoms with E-state index in [2.05, 4.69) is 10.1 Å². The molecule has 1 amide bonds. The van der Waals surface area contributed by atoms with E-state index >= 15 is 0 Å². The van der Waals surface area contributed by atoms with E-state index in [-0.39, 0.29) is 5.91 Å². The van der Waals surface area contributed by atoms with Gasteiger partial charge in [-0.1, -0.05) is 24.3 Å². The van der Waals surface area contributed by atoms with Gasteiger partial charge in [0, 0.05) is 19.2 Å². The largest absolute Gasteiger partial charge is 0.465 e. The Balaban J connectivity index is 2.01. The molecule has 0 aliphatic heterocycles. The predicted octanol–water partition coefficient (Wildman–Crippen LogP) is 2.55. The number of ether oxygens (including phenoxy) is 2. The zero-order chi connectivity index (χ0) is 16.7. The van der Waals surface area contributed by atoms with Crippen molar-refractivity contribution in [3.63, 3.8) is 0 Å². The number of carbonyl (C=O) groups excluding carboxylic acids is 2. The predicted molar refractivity (Wildman–Crippen MR) is 86.1 cm³/mol. The Bertz CT molecular complexity index is 680. The van der Waals surface area contributed by atoms with Gasteiger partial charge in [-0.15, -0.1) is 0 Å². The summed E-state index contributed by atoms with van der Waals surface area (Å²) in [5.74, 6) is -0.626. The van der Waals surface area contributed by atoms with Crippen LogP contribution in [0.15, 0.2) is 48.5 Å². The summed E-state index contributed by atoms with van der Waals surface area (Å²) in [4.78, 5) is 23.5. The molecule has 0 saturated carbocycles. The lowest BCUT2D eigenvalue weighted by atomic mass is 10.1. The lowest BCUT2D eigenvalue weighted by Crippen LogP contribution is -2.23. The SMILES string of the molecule is COCc1ccccc1CNC(=O)c1ccc(C(=O)OC)cc1. The van der Waals surface area contributed by atoms with Crippen molar-refractivity contribution < 1.29 is 19.1 Å². The Kier molecular flexibility index (Phi) is 5.88. The topological polar surface area (TPSA) is 64.6 Å². The smallest absolute Gasteiger partial charge is 0.337 e. The molecular formula is C18H19NO4. The third-order valence-electron chi connectivity index (χ3n) is 3.43. The van der Waals surface area contributed by atoms with Crippen LogP contribution in [0, 0.1) is 0 Å². The van der Waals surface area contributed by atoms with Gasteiger partial charge in [-0.3, -0.25) is 4.79 Å². The van der Waals surface area contributed by atoms with E-state index in [9.17, 15) is 9.59 Å². The van der Waals surface area contributed by atoms with E-state index in [1.54, 1.807) is 31.4 Å². The van der Waals surface area contributed by atoms with Crippen LogP contribution in [0.5, 0.6) is 0 Å². The first kappa shape index (κ1) is 16.7. The molecule has 2 aromatic rings. The molecule has 0 spiro atoms. The number of hydrogen-bond donors (Lipinski definition) is 1. The van der Waals surface area contributed by atoms with Crippen LogP contribution in [-0.2, 0) is 22.6 Å². The van der Waals surface area contributed by atoms with Crippen molar-refractivity contribution in [1.82, 2.24) is 5.32 Å². The fourth-order valence-corrected chi connectivity index (χ4v) is 2.18. The molecule has 0 saturated heterocycles. The maximum Gasteiger partial charge on any atom is 0.337 e. The average Bonchev–Trinajstić information content (AvgIpc) is 2.60. The summed E-state index contributed by atoms with van der Waals surface area (Å²) >= 11 is 0. The second-order valence-electron chi connectivity index (χ2n) is 4.95. The second-order valence-corrected chi connectivity index (χ2v) is 4.95. The van der Waals surface area contributed by atoms with E-state index in [1.807, 2.05) is 24.3 Å². The summed E-state index contributed by atoms with van der Waals surface area (Å²) < 4.78 is 9.78. The van der Waals surface area contributed by atoms with Crippen LogP contribution in [0.3, 0.4) is 0 Å². The van der Waals surface area contributed by atoms with Crippen LogP contribution in [0.2, 0.25) is 0 Å². The Labute approximate surface area is 135 Å². The van der Waals surface area contributed by atoms with Gasteiger partial charge in [0.2, 0.25) is 0 Å². The molecule has 1 N–H and O–H groups in total. The number of methoxy groups -OCH3 is 2. The summed E-state index contributed by atoms with van der Waals surface area (Å²) in [6.45, 7) is 0.914. The first-order valence-corrected chi connectivity index (χ1v) is 7.18. The molecule has 23 heavy (non-hydrogen) atoms. The highest BCUT2D eigenvalue weighted by atomic mass is 16.5. The molecule has 0 aliphatic carbocycles. The lowest BCUT2D eigenvalue weighted by Gasteiger charge is -2.10. The van der Waals surface area contributed by atoms with Gasteiger partial charge >= 0.3 is 5.97 Å². The van der Waals surface area contributed by atoms with Gasteiger partial charge in [0.05, 0.1) is 19.3 Å². The Hall–Kier alpha value is -2.66. The van der Waals surface area contributed by atoms with E-state index in [0.29, 0.717) is 24.3 Å². The minimum atomic E-state index is -0.426. The van der Waals surface area contributed by atoms with Crippen LogP contribution in [-0.4, -0.2) is 26.1 Å². The lowest BCUT2D eigenvalue weighted by molar-refractivity contribution is 0.0600. The number of carbonyl (C=O) groups is 2. The van der Waals surface area contributed by atoms with Crippen LogP contribution >= 0.6 is 0 Å². The molecule has 5 heteroatoms. The van der Waals surface area contributed by atoms with E-state index in [4.69, 9.17) is 4.74 Å². The van der Waals surface area contributed by atoms with Crippen molar-refractivity contribution in [1.29, 1.82) is 0 Å². The first-order valence-electron chi connectivity index (χ1n) is 7.18. The molecule has 0 aromatic heterocycles. The number of amides is 1. The summed E-state index contributed by atoms with van der Waals surface area (Å²) in [7, 11) is 2.96. The summed E-state index contributed by atoms with van der Waals surface area (Å²) in [6.07, 6.45) is 0. The van der Waals surface area contributed by atoms with Crippen LogP contribution < -0.4 is 5.32 Å². The van der Waals surface area contributed by atoms with E-state index in [1.165, 1.54) is 7.11 Å². The van der Waals surface area contributed by atoms with Gasteiger partial charge in [0.25, 0.3) is 5.91 Å². The second kappa shape index (κ2) is 8.10. The Morgan fingerprint density at radius 1 is 0.913 bits per heavy atom. The Morgan fingerprint density at radius 2 is 1.52 bits per heavy atom. The van der Waals surface area contributed by atoms with E-state index < -0.39 is 5.97 Å². The minimum Gasteiger partial charge on any atom is -0.465 e. The van der Waals surface area contributed by atoms with Gasteiger partial charge in [-0.05, 0) is 35.4 Å². The number of nitrogens with one attached hydrogen (secondary N) is 1. The molecule has 2 rings (SSSR count). The average molecular weight is 313 g/mol. The molecule has 2 aromatic carbocycles. The standard InChI is InChI=1S/C18H19NO4/c1-22-12-16-6-4-3-5-15(16)11-19-17(20)13-7-9-14(10-8-13)18(21)23-2/h3-10H,11-12H2,1-2H3,(H,19,20). The monoisotopic (exact) mass is 313 g/mol. The number of rotatable bonds is 6. The summed E-state index contributed by atoms with van der Waals surface area (Å²) in [6, 6.07) is 14.1. The van der Waals surface area contributed by atoms with Crippen molar-refractivity contribution in [3.8, 4) is 0 Å². The zero-order valence-corrected chi connectivity index (χ0v) is 13.2. The molecule has 0 atom stereocenters. The van der Waals surface area contributed by atoms with Gasteiger partial charge in [-0.2, -0.15) is 0 Å². The highest BCUT2D eigenvalue weighted by Crippen LogP contribution is 2.11. The van der Waals surface area contributed by atoms with Crippen molar-refractivity contribution in [2.24, 2.45) is 0 Å². The number of esters is 1. The normalized spacial score (nSPS) is 10.2. The van der Waals surface area contributed by atoms with Crippen LogP contribution in [0.4, 0.5) is 0 Å². The van der Waals surface area contributed by atoms with E-state index in [0.717, 1.165) is 11.1 Å². The van der Waals surface area contributed by atoms with Gasteiger partial charge < -0.3 is 14.8 Å². The van der Waals surface area contributed by atoms with Crippen molar-refractivity contribution in [3.05, 3.63) is 70.8 Å². The van der Waals surface area contributed by atoms with Gasteiger partial charge in [0.1, 0.15) is 0 Å². The van der Waals surface area contributed by atoms with Crippen molar-refractivity contribution >= 4 is 11.9 Å². The maximum atomic E-state index is 12.2. The molecule has 0 fully saturated rings. The molecule has 0 heterocycles. The molecule has 0 radical (unpaired) electrons. The molecule has 0 bridgehead atoms. The molecular weight excluding hydrogens is 294 g/mol. The third kappa shape index (κ3) is 4.40. The van der Waals surface area contributed by atoms with Gasteiger partial charge in [-0.25, -0.2) is 4.79 Å². The summed E-state index contributed by atoms with van der Waals surface area (Å²) in [5.41, 5.74) is 2.95. The summed E-state index contributed by atoms with van der Waals surface area (Å²) in [5, 5.41) is 2.87. The van der Waals surface area contributed by atoms with Gasteiger partial charge in [0.15, 0.2) is 0 Å². The third-order valence-corrected chi connectivity index (χ3v) is 3.43. The number of benzene rings is 2. The fourth-order valence-electron chi connectivity index (χ4n) is 2.18. The zero-order valence-electron chi connectivity index (χ0n) is 13.2.